The Bertz CT molecular complexity index is 1010. The molecule has 170 valence electrons. The number of hydrogen-bond donors (Lipinski definition) is 1. The van der Waals surface area contributed by atoms with E-state index in [9.17, 15) is 4.79 Å². The van der Waals surface area contributed by atoms with Crippen molar-refractivity contribution >= 4 is 18.3 Å². The zero-order chi connectivity index (χ0) is 21.6. The first-order valence-electron chi connectivity index (χ1n) is 11.1. The molecule has 0 saturated heterocycles. The zero-order valence-corrected chi connectivity index (χ0v) is 19.5. The highest BCUT2D eigenvalue weighted by atomic mass is 35.5. The van der Waals surface area contributed by atoms with E-state index in [1.807, 2.05) is 55.2 Å². The van der Waals surface area contributed by atoms with Gasteiger partial charge in [0.25, 0.3) is 0 Å². The topological polar surface area (TPSA) is 85.6 Å². The second kappa shape index (κ2) is 11.2. The molecule has 1 fully saturated rings. The van der Waals surface area contributed by atoms with Gasteiger partial charge in [0, 0.05) is 55.8 Å². The van der Waals surface area contributed by atoms with Crippen LogP contribution in [-0.2, 0) is 11.3 Å². The monoisotopic (exact) mass is 454 g/mol. The van der Waals surface area contributed by atoms with Crippen molar-refractivity contribution in [3.63, 3.8) is 0 Å². The number of aromatic nitrogens is 5. The molecule has 3 aromatic heterocycles. The second-order valence-corrected chi connectivity index (χ2v) is 8.37. The van der Waals surface area contributed by atoms with Gasteiger partial charge >= 0.3 is 0 Å². The molecular weight excluding hydrogens is 424 g/mol. The molecule has 1 saturated carbocycles. The highest BCUT2D eigenvalue weighted by Crippen LogP contribution is 2.38. The van der Waals surface area contributed by atoms with Gasteiger partial charge in [0.1, 0.15) is 11.6 Å². The minimum atomic E-state index is 0. The standard InChI is InChI=1S/C24H30N6O.ClH/c1-17-27-16-21(22-5-3-4-11-26-22)24(29-17)20-8-6-19(7-9-20)15-28-23(31)10-13-30-14-12-25-18(30)2;/h3-5,11-12,14,16,19-20H,6-10,13,15H2,1-2H3,(H,28,31);1H. The molecule has 0 bridgehead atoms. The SMILES string of the molecule is Cc1ncc(-c2ccccn2)c(C2CCC(CNC(=O)CCn3ccnc3C)CC2)n1.Cl. The van der Waals surface area contributed by atoms with Crippen LogP contribution in [0.1, 0.15) is 55.4 Å². The van der Waals surface area contributed by atoms with Crippen molar-refractivity contribution in [2.45, 2.75) is 58.4 Å². The summed E-state index contributed by atoms with van der Waals surface area (Å²) in [7, 11) is 0. The highest BCUT2D eigenvalue weighted by Gasteiger charge is 2.26. The number of carbonyl (C=O) groups is 1. The maximum atomic E-state index is 12.2. The predicted molar refractivity (Wildman–Crippen MR) is 127 cm³/mol. The van der Waals surface area contributed by atoms with Crippen LogP contribution in [0.5, 0.6) is 0 Å². The maximum absolute atomic E-state index is 12.2. The number of nitrogens with zero attached hydrogens (tertiary/aromatic N) is 5. The number of rotatable bonds is 7. The molecular formula is C24H31ClN6O. The molecule has 1 N–H and O–H groups in total. The summed E-state index contributed by atoms with van der Waals surface area (Å²) in [5, 5.41) is 3.13. The molecule has 3 heterocycles. The van der Waals surface area contributed by atoms with Crippen LogP contribution in [0.4, 0.5) is 0 Å². The van der Waals surface area contributed by atoms with Crippen molar-refractivity contribution in [2.75, 3.05) is 6.54 Å². The lowest BCUT2D eigenvalue weighted by Crippen LogP contribution is -2.31. The average molecular weight is 455 g/mol. The largest absolute Gasteiger partial charge is 0.356 e. The average Bonchev–Trinajstić information content (AvgIpc) is 3.22. The van der Waals surface area contributed by atoms with Gasteiger partial charge in [-0.15, -0.1) is 12.4 Å². The van der Waals surface area contributed by atoms with Crippen LogP contribution >= 0.6 is 12.4 Å². The molecule has 0 radical (unpaired) electrons. The zero-order valence-electron chi connectivity index (χ0n) is 18.7. The van der Waals surface area contributed by atoms with Crippen molar-refractivity contribution in [2.24, 2.45) is 5.92 Å². The summed E-state index contributed by atoms with van der Waals surface area (Å²) < 4.78 is 2.01. The third-order valence-corrected chi connectivity index (χ3v) is 6.20. The fourth-order valence-electron chi connectivity index (χ4n) is 4.37. The van der Waals surface area contributed by atoms with E-state index >= 15 is 0 Å². The van der Waals surface area contributed by atoms with Gasteiger partial charge in [-0.05, 0) is 57.6 Å². The fourth-order valence-corrected chi connectivity index (χ4v) is 4.37. The van der Waals surface area contributed by atoms with E-state index < -0.39 is 0 Å². The number of halogens is 1. The van der Waals surface area contributed by atoms with Gasteiger partial charge in [0.05, 0.1) is 11.4 Å². The molecule has 8 heteroatoms. The van der Waals surface area contributed by atoms with Crippen molar-refractivity contribution in [3.8, 4) is 11.3 Å². The number of aryl methyl sites for hydroxylation is 3. The minimum absolute atomic E-state index is 0. The molecule has 1 amide bonds. The normalized spacial score (nSPS) is 18.1. The molecule has 7 nitrogen and oxygen atoms in total. The van der Waals surface area contributed by atoms with Crippen molar-refractivity contribution in [1.82, 2.24) is 29.8 Å². The molecule has 4 rings (SSSR count). The minimum Gasteiger partial charge on any atom is -0.356 e. The highest BCUT2D eigenvalue weighted by molar-refractivity contribution is 5.85. The van der Waals surface area contributed by atoms with E-state index in [1.165, 1.54) is 0 Å². The molecule has 0 spiro atoms. The lowest BCUT2D eigenvalue weighted by Gasteiger charge is -2.29. The lowest BCUT2D eigenvalue weighted by atomic mass is 9.79. The van der Waals surface area contributed by atoms with E-state index in [0.717, 1.165) is 60.8 Å². The number of hydrogen-bond acceptors (Lipinski definition) is 5. The Balaban J connectivity index is 0.00000289. The summed E-state index contributed by atoms with van der Waals surface area (Å²) >= 11 is 0. The Morgan fingerprint density at radius 3 is 2.59 bits per heavy atom. The molecule has 1 aliphatic rings. The molecule has 0 aliphatic heterocycles. The number of carbonyl (C=O) groups excluding carboxylic acids is 1. The van der Waals surface area contributed by atoms with Crippen LogP contribution in [0.3, 0.4) is 0 Å². The molecule has 1 aliphatic carbocycles. The first-order chi connectivity index (χ1) is 15.1. The Morgan fingerprint density at radius 1 is 1.09 bits per heavy atom. The van der Waals surface area contributed by atoms with Crippen molar-refractivity contribution in [3.05, 3.63) is 60.3 Å². The van der Waals surface area contributed by atoms with Gasteiger partial charge < -0.3 is 9.88 Å². The smallest absolute Gasteiger partial charge is 0.221 e. The van der Waals surface area contributed by atoms with Crippen LogP contribution in [0.25, 0.3) is 11.3 Å². The summed E-state index contributed by atoms with van der Waals surface area (Å²) in [6, 6.07) is 5.94. The first kappa shape index (κ1) is 23.9. The summed E-state index contributed by atoms with van der Waals surface area (Å²) in [6.45, 7) is 5.32. The number of imidazole rings is 1. The first-order valence-corrected chi connectivity index (χ1v) is 11.1. The molecule has 0 aromatic carbocycles. The van der Waals surface area contributed by atoms with Crippen LogP contribution in [-0.4, -0.2) is 37.0 Å². The number of nitrogens with one attached hydrogen (secondary N) is 1. The van der Waals surface area contributed by atoms with Gasteiger partial charge in [0.15, 0.2) is 0 Å². The van der Waals surface area contributed by atoms with Crippen molar-refractivity contribution in [1.29, 1.82) is 0 Å². The molecule has 32 heavy (non-hydrogen) atoms. The fraction of sp³-hybridized carbons (Fsp3) is 0.458. The van der Waals surface area contributed by atoms with Crippen molar-refractivity contribution < 1.29 is 4.79 Å². The number of pyridine rings is 1. The van der Waals surface area contributed by atoms with Gasteiger partial charge in [-0.2, -0.15) is 0 Å². The summed E-state index contributed by atoms with van der Waals surface area (Å²) in [5.41, 5.74) is 3.09. The Morgan fingerprint density at radius 2 is 1.91 bits per heavy atom. The van der Waals surface area contributed by atoms with Crippen LogP contribution in [0.2, 0.25) is 0 Å². The van der Waals surface area contributed by atoms with Gasteiger partial charge in [-0.3, -0.25) is 9.78 Å². The lowest BCUT2D eigenvalue weighted by molar-refractivity contribution is -0.121. The van der Waals surface area contributed by atoms with Gasteiger partial charge in [-0.1, -0.05) is 6.07 Å². The van der Waals surface area contributed by atoms with E-state index in [1.54, 1.807) is 6.20 Å². The summed E-state index contributed by atoms with van der Waals surface area (Å²) in [5.74, 6) is 2.79. The van der Waals surface area contributed by atoms with Crippen LogP contribution in [0.15, 0.2) is 43.0 Å². The molecule has 3 aromatic rings. The van der Waals surface area contributed by atoms with E-state index in [4.69, 9.17) is 4.98 Å². The number of amides is 1. The third kappa shape index (κ3) is 5.91. The Labute approximate surface area is 195 Å². The van der Waals surface area contributed by atoms with E-state index in [0.29, 0.717) is 24.8 Å². The second-order valence-electron chi connectivity index (χ2n) is 8.37. The van der Waals surface area contributed by atoms with Crippen LogP contribution in [0, 0.1) is 19.8 Å². The van der Waals surface area contributed by atoms with E-state index in [-0.39, 0.29) is 18.3 Å². The summed E-state index contributed by atoms with van der Waals surface area (Å²) in [6.07, 6.45) is 12.2. The van der Waals surface area contributed by atoms with Gasteiger partial charge in [-0.25, -0.2) is 15.0 Å². The quantitative estimate of drug-likeness (QED) is 0.576. The van der Waals surface area contributed by atoms with E-state index in [2.05, 4.69) is 20.3 Å². The predicted octanol–water partition coefficient (Wildman–Crippen LogP) is 4.25. The maximum Gasteiger partial charge on any atom is 0.221 e. The Kier molecular flexibility index (Phi) is 8.33. The van der Waals surface area contributed by atoms with Gasteiger partial charge in [0.2, 0.25) is 5.91 Å². The molecule has 0 unspecified atom stereocenters. The third-order valence-electron chi connectivity index (χ3n) is 6.20. The molecule has 0 atom stereocenters. The summed E-state index contributed by atoms with van der Waals surface area (Å²) in [4.78, 5) is 30.2. The van der Waals surface area contributed by atoms with Crippen LogP contribution < -0.4 is 5.32 Å². The Hall–Kier alpha value is -2.80.